The Kier molecular flexibility index (Phi) is 4.05. The van der Waals surface area contributed by atoms with Gasteiger partial charge < -0.3 is 5.11 Å². The van der Waals surface area contributed by atoms with Gasteiger partial charge in [0.1, 0.15) is 0 Å². The van der Waals surface area contributed by atoms with Crippen LogP contribution >= 0.6 is 0 Å². The molecule has 0 unspecified atom stereocenters. The zero-order valence-electron chi connectivity index (χ0n) is 10.6. The summed E-state index contributed by atoms with van der Waals surface area (Å²) in [6, 6.07) is 14.3. The third kappa shape index (κ3) is 3.17. The van der Waals surface area contributed by atoms with Gasteiger partial charge in [-0.1, -0.05) is 54.6 Å². The summed E-state index contributed by atoms with van der Waals surface area (Å²) in [5.41, 5.74) is 1.18. The van der Waals surface area contributed by atoms with Gasteiger partial charge in [-0.3, -0.25) is 14.4 Å². The van der Waals surface area contributed by atoms with Gasteiger partial charge in [-0.2, -0.15) is 0 Å². The first-order valence-electron chi connectivity index (χ1n) is 6.03. The summed E-state index contributed by atoms with van der Waals surface area (Å²) in [4.78, 5) is 34.5. The zero-order valence-corrected chi connectivity index (χ0v) is 10.6. The fourth-order valence-corrected chi connectivity index (χ4v) is 1.80. The molecule has 1 N–H and O–H groups in total. The first-order chi connectivity index (χ1) is 9.58. The highest BCUT2D eigenvalue weighted by Gasteiger charge is 2.17. The lowest BCUT2D eigenvalue weighted by molar-refractivity contribution is -0.136. The van der Waals surface area contributed by atoms with Crippen LogP contribution in [-0.2, 0) is 11.2 Å². The average Bonchev–Trinajstić information content (AvgIpc) is 2.47. The van der Waals surface area contributed by atoms with Crippen LogP contribution in [0.4, 0.5) is 0 Å². The van der Waals surface area contributed by atoms with Crippen molar-refractivity contribution in [1.29, 1.82) is 0 Å². The molecule has 0 aliphatic heterocycles. The molecule has 4 nitrogen and oxygen atoms in total. The molecule has 0 atom stereocenters. The number of hydrogen-bond donors (Lipinski definition) is 1. The van der Waals surface area contributed by atoms with Gasteiger partial charge in [0.05, 0.1) is 6.42 Å². The normalized spacial score (nSPS) is 10.0. The van der Waals surface area contributed by atoms with E-state index < -0.39 is 17.5 Å². The number of carboxylic acids is 1. The van der Waals surface area contributed by atoms with Crippen molar-refractivity contribution in [3.63, 3.8) is 0 Å². The molecule has 0 bridgehead atoms. The van der Waals surface area contributed by atoms with Gasteiger partial charge in [0.25, 0.3) is 0 Å². The smallest absolute Gasteiger partial charge is 0.307 e. The van der Waals surface area contributed by atoms with Crippen molar-refractivity contribution < 1.29 is 19.5 Å². The Morgan fingerprint density at radius 2 is 1.25 bits per heavy atom. The summed E-state index contributed by atoms with van der Waals surface area (Å²) in [5.74, 6) is -2.11. The standard InChI is InChI=1S/C16H12O4/c17-14(18)10-11-6-8-13(9-7-11)16(20)15(19)12-4-2-1-3-5-12/h1-9H,10H2,(H,17,18). The Morgan fingerprint density at radius 3 is 1.75 bits per heavy atom. The Balaban J connectivity index is 2.17. The molecule has 20 heavy (non-hydrogen) atoms. The molecule has 2 aromatic carbocycles. The Bertz CT molecular complexity index is 642. The van der Waals surface area contributed by atoms with E-state index >= 15 is 0 Å². The SMILES string of the molecule is O=C(O)Cc1ccc(C(=O)C(=O)c2ccccc2)cc1. The highest BCUT2D eigenvalue weighted by Crippen LogP contribution is 2.10. The predicted octanol–water partition coefficient (Wildman–Crippen LogP) is 2.38. The third-order valence-electron chi connectivity index (χ3n) is 2.81. The topological polar surface area (TPSA) is 71.4 Å². The maximum absolute atomic E-state index is 12.0. The summed E-state index contributed by atoms with van der Waals surface area (Å²) in [6.45, 7) is 0. The minimum Gasteiger partial charge on any atom is -0.481 e. The van der Waals surface area contributed by atoms with Crippen molar-refractivity contribution in [1.82, 2.24) is 0 Å². The number of hydrogen-bond acceptors (Lipinski definition) is 3. The van der Waals surface area contributed by atoms with Gasteiger partial charge in [-0.15, -0.1) is 0 Å². The van der Waals surface area contributed by atoms with Crippen molar-refractivity contribution >= 4 is 17.5 Å². The van der Waals surface area contributed by atoms with E-state index in [1.54, 1.807) is 42.5 Å². The van der Waals surface area contributed by atoms with Gasteiger partial charge in [0.2, 0.25) is 11.6 Å². The fourth-order valence-electron chi connectivity index (χ4n) is 1.80. The monoisotopic (exact) mass is 268 g/mol. The van der Waals surface area contributed by atoms with Crippen LogP contribution in [-0.4, -0.2) is 22.6 Å². The quantitative estimate of drug-likeness (QED) is 0.667. The maximum Gasteiger partial charge on any atom is 0.307 e. The summed E-state index contributed by atoms with van der Waals surface area (Å²) in [5, 5.41) is 8.66. The Labute approximate surface area is 115 Å². The fraction of sp³-hybridized carbons (Fsp3) is 0.0625. The van der Waals surface area contributed by atoms with E-state index in [1.165, 1.54) is 12.1 Å². The second-order valence-corrected chi connectivity index (χ2v) is 4.29. The molecule has 0 saturated heterocycles. The van der Waals surface area contributed by atoms with Crippen molar-refractivity contribution in [2.24, 2.45) is 0 Å². The molecule has 4 heteroatoms. The lowest BCUT2D eigenvalue weighted by atomic mass is 10.00. The molecule has 0 fully saturated rings. The summed E-state index contributed by atoms with van der Waals surface area (Å²) >= 11 is 0. The van der Waals surface area contributed by atoms with E-state index in [4.69, 9.17) is 5.11 Å². The van der Waals surface area contributed by atoms with Gasteiger partial charge in [0, 0.05) is 11.1 Å². The Morgan fingerprint density at radius 1 is 0.750 bits per heavy atom. The van der Waals surface area contributed by atoms with E-state index in [2.05, 4.69) is 0 Å². The van der Waals surface area contributed by atoms with Gasteiger partial charge in [0.15, 0.2) is 0 Å². The number of carboxylic acid groups (broad SMARTS) is 1. The number of aliphatic carboxylic acids is 1. The molecule has 0 aromatic heterocycles. The number of ketones is 2. The molecule has 0 aliphatic rings. The molecular weight excluding hydrogens is 256 g/mol. The summed E-state index contributed by atoms with van der Waals surface area (Å²) < 4.78 is 0. The predicted molar refractivity (Wildman–Crippen MR) is 72.9 cm³/mol. The minimum absolute atomic E-state index is 0.110. The lowest BCUT2D eigenvalue weighted by Gasteiger charge is -2.02. The van der Waals surface area contributed by atoms with Crippen LogP contribution in [0.2, 0.25) is 0 Å². The summed E-state index contributed by atoms with van der Waals surface area (Å²) in [6.07, 6.45) is -0.110. The van der Waals surface area contributed by atoms with Crippen LogP contribution in [0.15, 0.2) is 54.6 Å². The van der Waals surface area contributed by atoms with Crippen molar-refractivity contribution in [2.75, 3.05) is 0 Å². The molecule has 0 amide bonds. The van der Waals surface area contributed by atoms with Crippen molar-refractivity contribution in [2.45, 2.75) is 6.42 Å². The van der Waals surface area contributed by atoms with Crippen LogP contribution in [0.5, 0.6) is 0 Å². The highest BCUT2D eigenvalue weighted by molar-refractivity contribution is 6.49. The zero-order chi connectivity index (χ0) is 14.5. The van der Waals surface area contributed by atoms with E-state index in [9.17, 15) is 14.4 Å². The largest absolute Gasteiger partial charge is 0.481 e. The third-order valence-corrected chi connectivity index (χ3v) is 2.81. The van der Waals surface area contributed by atoms with E-state index in [0.717, 1.165) is 0 Å². The van der Waals surface area contributed by atoms with Gasteiger partial charge in [-0.25, -0.2) is 0 Å². The number of rotatable bonds is 5. The number of Topliss-reactive ketones (excluding diaryl/α,β-unsaturated/α-hetero) is 2. The molecule has 0 radical (unpaired) electrons. The second kappa shape index (κ2) is 5.93. The van der Waals surface area contributed by atoms with E-state index in [1.807, 2.05) is 0 Å². The minimum atomic E-state index is -0.940. The molecule has 2 rings (SSSR count). The second-order valence-electron chi connectivity index (χ2n) is 4.29. The summed E-state index contributed by atoms with van der Waals surface area (Å²) in [7, 11) is 0. The van der Waals surface area contributed by atoms with Crippen LogP contribution in [0.25, 0.3) is 0 Å². The average molecular weight is 268 g/mol. The van der Waals surface area contributed by atoms with Crippen molar-refractivity contribution in [3.8, 4) is 0 Å². The first-order valence-corrected chi connectivity index (χ1v) is 6.03. The number of benzene rings is 2. The molecular formula is C16H12O4. The molecule has 2 aromatic rings. The van der Waals surface area contributed by atoms with Crippen LogP contribution < -0.4 is 0 Å². The molecule has 0 saturated carbocycles. The molecule has 100 valence electrons. The maximum atomic E-state index is 12.0. The number of carbonyl (C=O) groups excluding carboxylic acids is 2. The molecule has 0 aliphatic carbocycles. The van der Waals surface area contributed by atoms with E-state index in [0.29, 0.717) is 11.1 Å². The van der Waals surface area contributed by atoms with Crippen molar-refractivity contribution in [3.05, 3.63) is 71.3 Å². The Hall–Kier alpha value is -2.75. The van der Waals surface area contributed by atoms with E-state index in [-0.39, 0.29) is 12.0 Å². The highest BCUT2D eigenvalue weighted by atomic mass is 16.4. The van der Waals surface area contributed by atoms with Gasteiger partial charge >= 0.3 is 5.97 Å². The molecule has 0 spiro atoms. The van der Waals surface area contributed by atoms with Crippen LogP contribution in [0, 0.1) is 0 Å². The first kappa shape index (κ1) is 13.7. The van der Waals surface area contributed by atoms with Crippen LogP contribution in [0.3, 0.4) is 0 Å². The number of carbonyl (C=O) groups is 3. The van der Waals surface area contributed by atoms with Crippen LogP contribution in [0.1, 0.15) is 26.3 Å². The lowest BCUT2D eigenvalue weighted by Crippen LogP contribution is -2.14. The molecule has 0 heterocycles. The van der Waals surface area contributed by atoms with Gasteiger partial charge in [-0.05, 0) is 5.56 Å².